The molecule has 270 valence electrons. The number of allylic oxidation sites excluding steroid dienone is 2. The highest BCUT2D eigenvalue weighted by molar-refractivity contribution is 5.96. The Morgan fingerprint density at radius 3 is 2.36 bits per heavy atom. The molecule has 1 aromatic carbocycles. The number of rotatable bonds is 7. The summed E-state index contributed by atoms with van der Waals surface area (Å²) >= 11 is 0. The van der Waals surface area contributed by atoms with Gasteiger partial charge in [-0.2, -0.15) is 0 Å². The van der Waals surface area contributed by atoms with E-state index in [0.717, 1.165) is 63.4 Å². The number of esters is 2. The van der Waals surface area contributed by atoms with Gasteiger partial charge in [0.15, 0.2) is 5.78 Å². The van der Waals surface area contributed by atoms with Crippen molar-refractivity contribution >= 4 is 17.7 Å². The van der Waals surface area contributed by atoms with E-state index in [2.05, 4.69) is 59.5 Å². The summed E-state index contributed by atoms with van der Waals surface area (Å²) in [5.41, 5.74) is 0.940. The van der Waals surface area contributed by atoms with Crippen LogP contribution in [-0.4, -0.2) is 33.9 Å². The van der Waals surface area contributed by atoms with Gasteiger partial charge in [-0.3, -0.25) is 14.4 Å². The van der Waals surface area contributed by atoms with Crippen LogP contribution in [0.5, 0.6) is 0 Å². The molecule has 2 aromatic rings. The molecule has 7 rings (SSSR count). The lowest BCUT2D eigenvalue weighted by Gasteiger charge is -2.70. The highest BCUT2D eigenvalue weighted by Gasteiger charge is 2.70. The number of hydrogen-bond donors (Lipinski definition) is 0. The van der Waals surface area contributed by atoms with E-state index in [4.69, 9.17) is 9.47 Å². The number of aromatic nitrogens is 2. The number of fused-ring (bicyclic) bond motifs is 7. The predicted octanol–water partition coefficient (Wildman–Crippen LogP) is 8.77. The monoisotopic (exact) mass is 682 g/mol. The minimum Gasteiger partial charge on any atom is -0.464 e. The number of ether oxygens (including phenoxy) is 2. The molecular formula is C43H58N2O5. The summed E-state index contributed by atoms with van der Waals surface area (Å²) in [6.45, 7) is 17.5. The Hall–Kier alpha value is -3.22. The van der Waals surface area contributed by atoms with E-state index >= 15 is 0 Å². The summed E-state index contributed by atoms with van der Waals surface area (Å²) in [6.07, 6.45) is 15.6. The molecule has 9 atom stereocenters. The fourth-order valence-corrected chi connectivity index (χ4v) is 12.5. The van der Waals surface area contributed by atoms with Crippen molar-refractivity contribution in [3.05, 3.63) is 66.3 Å². The van der Waals surface area contributed by atoms with Crippen molar-refractivity contribution in [3.8, 4) is 0 Å². The van der Waals surface area contributed by atoms with Crippen LogP contribution in [0.2, 0.25) is 0 Å². The molecule has 5 aliphatic rings. The summed E-state index contributed by atoms with van der Waals surface area (Å²) in [6, 6.07) is 9.91. The Balaban J connectivity index is 1.13. The molecule has 0 bridgehead atoms. The van der Waals surface area contributed by atoms with Crippen LogP contribution in [0.3, 0.4) is 0 Å². The van der Waals surface area contributed by atoms with Crippen LogP contribution in [0.4, 0.5) is 0 Å². The van der Waals surface area contributed by atoms with Gasteiger partial charge in [0, 0.05) is 18.3 Å². The molecule has 0 unspecified atom stereocenters. The molecule has 0 amide bonds. The van der Waals surface area contributed by atoms with Gasteiger partial charge in [-0.25, -0.2) is 4.98 Å². The van der Waals surface area contributed by atoms with Crippen LogP contribution >= 0.6 is 0 Å². The van der Waals surface area contributed by atoms with Gasteiger partial charge >= 0.3 is 11.9 Å². The molecular weight excluding hydrogens is 624 g/mol. The molecule has 7 heteroatoms. The minimum absolute atomic E-state index is 0.0629. The number of ketones is 1. The van der Waals surface area contributed by atoms with E-state index in [-0.39, 0.29) is 75.1 Å². The molecule has 50 heavy (non-hydrogen) atoms. The van der Waals surface area contributed by atoms with Gasteiger partial charge in [-0.05, 0) is 115 Å². The summed E-state index contributed by atoms with van der Waals surface area (Å²) in [7, 11) is 0. The normalized spacial score (nSPS) is 40.3. The van der Waals surface area contributed by atoms with Gasteiger partial charge in [0.1, 0.15) is 13.2 Å². The largest absolute Gasteiger partial charge is 0.464 e. The number of carbonyl (C=O) groups excluding carboxylic acids is 3. The van der Waals surface area contributed by atoms with Crippen LogP contribution in [0.25, 0.3) is 0 Å². The van der Waals surface area contributed by atoms with E-state index in [1.165, 1.54) is 5.57 Å². The summed E-state index contributed by atoms with van der Waals surface area (Å²) in [4.78, 5) is 46.3. The lowest BCUT2D eigenvalue weighted by Crippen LogP contribution is -2.66. The smallest absolute Gasteiger partial charge is 0.312 e. The Bertz CT molecular complexity index is 1660. The third kappa shape index (κ3) is 5.34. The topological polar surface area (TPSA) is 87.5 Å². The first-order valence-electron chi connectivity index (χ1n) is 19.2. The predicted molar refractivity (Wildman–Crippen MR) is 192 cm³/mol. The molecule has 0 aliphatic heterocycles. The quantitative estimate of drug-likeness (QED) is 0.272. The lowest BCUT2D eigenvalue weighted by atomic mass is 9.33. The third-order valence-corrected chi connectivity index (χ3v) is 15.8. The zero-order chi connectivity index (χ0) is 35.7. The zero-order valence-corrected chi connectivity index (χ0v) is 31.4. The first-order chi connectivity index (χ1) is 23.6. The highest BCUT2D eigenvalue weighted by Crippen LogP contribution is 2.75. The Kier molecular flexibility index (Phi) is 8.58. The molecule has 0 radical (unpaired) electrons. The zero-order valence-electron chi connectivity index (χ0n) is 31.4. The molecule has 1 aromatic heterocycles. The fraction of sp³-hybridized carbons (Fsp3) is 0.674. The number of hydrogen-bond acceptors (Lipinski definition) is 6. The first kappa shape index (κ1) is 35.2. The van der Waals surface area contributed by atoms with Crippen molar-refractivity contribution in [2.45, 2.75) is 119 Å². The second-order valence-electron chi connectivity index (χ2n) is 18.7. The molecule has 5 aliphatic carbocycles. The van der Waals surface area contributed by atoms with E-state index in [9.17, 15) is 14.4 Å². The van der Waals surface area contributed by atoms with Crippen molar-refractivity contribution in [1.29, 1.82) is 0 Å². The number of nitrogens with zero attached hydrogens (tertiary/aromatic N) is 2. The van der Waals surface area contributed by atoms with Gasteiger partial charge in [0.25, 0.3) is 0 Å². The van der Waals surface area contributed by atoms with Crippen LogP contribution in [0, 0.1) is 56.2 Å². The van der Waals surface area contributed by atoms with Crippen molar-refractivity contribution in [3.63, 3.8) is 0 Å². The van der Waals surface area contributed by atoms with E-state index in [0.29, 0.717) is 13.2 Å². The molecule has 0 saturated heterocycles. The van der Waals surface area contributed by atoms with Crippen molar-refractivity contribution < 1.29 is 23.9 Å². The average molecular weight is 683 g/mol. The maximum Gasteiger partial charge on any atom is 0.312 e. The average Bonchev–Trinajstić information content (AvgIpc) is 3.59. The summed E-state index contributed by atoms with van der Waals surface area (Å²) in [5.74, 6) is 0.161. The fourth-order valence-electron chi connectivity index (χ4n) is 12.5. The Labute approximate surface area is 299 Å². The van der Waals surface area contributed by atoms with Gasteiger partial charge in [-0.1, -0.05) is 77.4 Å². The van der Waals surface area contributed by atoms with Gasteiger partial charge in [0.05, 0.1) is 24.2 Å². The Morgan fingerprint density at radius 2 is 1.64 bits per heavy atom. The van der Waals surface area contributed by atoms with Crippen LogP contribution in [0.15, 0.2) is 60.7 Å². The number of benzene rings is 1. The van der Waals surface area contributed by atoms with Crippen LogP contribution in [0.1, 0.15) is 112 Å². The molecule has 4 fully saturated rings. The standard InChI is InChI=1S/C43H58N2O5/c1-38(2)30(36(47)49-24-23-45-22-21-44-28-45)13-15-41(5)34(38)14-16-43(7)35(41)33(46)25-31-32-26-40(4,18-17-39(32,3)19-20-42(31,43)6)37(48)50-27-29-11-9-8-10-12-29/h8-12,21-22,25,28,30,32,34-35H,13-20,23-24,26-27H2,1-7H3/t30-,32+,34+,35-,39-,40+,41+,42-,43-/m1/s1. The van der Waals surface area contributed by atoms with Crippen molar-refractivity contribution in [1.82, 2.24) is 9.55 Å². The van der Waals surface area contributed by atoms with Crippen molar-refractivity contribution in [2.24, 2.45) is 56.2 Å². The van der Waals surface area contributed by atoms with Gasteiger partial charge in [0.2, 0.25) is 0 Å². The van der Waals surface area contributed by atoms with Crippen molar-refractivity contribution in [2.75, 3.05) is 6.61 Å². The minimum atomic E-state index is -0.585. The number of carbonyl (C=O) groups is 3. The Morgan fingerprint density at radius 1 is 0.900 bits per heavy atom. The first-order valence-corrected chi connectivity index (χ1v) is 19.2. The SMILES string of the molecule is CC1(C)[C@@H](C(=O)OCCn2ccnc2)CC[C@]2(C)[C@H]3C(=O)C=C4[C@@H]5C[C@@](C)(C(=O)OCc6ccccc6)CC[C@]5(C)CC[C@@]4(C)[C@]3(C)CC[C@@H]12. The molecule has 7 nitrogen and oxygen atoms in total. The van der Waals surface area contributed by atoms with E-state index in [1.54, 1.807) is 12.5 Å². The maximum atomic E-state index is 14.8. The second-order valence-corrected chi connectivity index (χ2v) is 18.7. The number of imidazole rings is 1. The van der Waals surface area contributed by atoms with Gasteiger partial charge < -0.3 is 14.0 Å². The molecule has 4 saturated carbocycles. The third-order valence-electron chi connectivity index (χ3n) is 15.8. The van der Waals surface area contributed by atoms with Crippen LogP contribution in [-0.2, 0) is 37.0 Å². The van der Waals surface area contributed by atoms with E-state index < -0.39 is 5.41 Å². The van der Waals surface area contributed by atoms with E-state index in [1.807, 2.05) is 41.1 Å². The molecule has 0 spiro atoms. The van der Waals surface area contributed by atoms with Crippen LogP contribution < -0.4 is 0 Å². The highest BCUT2D eigenvalue weighted by atomic mass is 16.5. The molecule has 0 N–H and O–H groups in total. The summed E-state index contributed by atoms with van der Waals surface area (Å²) in [5, 5.41) is 0. The lowest BCUT2D eigenvalue weighted by molar-refractivity contribution is -0.200. The summed E-state index contributed by atoms with van der Waals surface area (Å²) < 4.78 is 13.8. The molecule has 1 heterocycles. The van der Waals surface area contributed by atoms with Gasteiger partial charge in [-0.15, -0.1) is 0 Å². The maximum absolute atomic E-state index is 14.8. The second kappa shape index (κ2) is 12.2.